The van der Waals surface area contributed by atoms with E-state index < -0.39 is 10.0 Å². The monoisotopic (exact) mass is 393 g/mol. The van der Waals surface area contributed by atoms with Crippen molar-refractivity contribution in [3.05, 3.63) is 27.7 Å². The molecule has 118 valence electrons. The largest absolute Gasteiger partial charge is 0.242 e. The van der Waals surface area contributed by atoms with Crippen LogP contribution in [0, 0.1) is 11.8 Å². The average molecular weight is 395 g/mol. The predicted octanol–water partition coefficient (Wildman–Crippen LogP) is 4.60. The van der Waals surface area contributed by atoms with E-state index >= 15 is 0 Å². The fourth-order valence-electron chi connectivity index (χ4n) is 3.06. The van der Waals surface area contributed by atoms with Crippen LogP contribution in [-0.2, 0) is 10.0 Å². The van der Waals surface area contributed by atoms with Crippen LogP contribution in [0.2, 0.25) is 5.02 Å². The van der Waals surface area contributed by atoms with Crippen LogP contribution in [-0.4, -0.2) is 14.5 Å². The van der Waals surface area contributed by atoms with Crippen LogP contribution in [0.3, 0.4) is 0 Å². The molecule has 0 heterocycles. The second-order valence-electron chi connectivity index (χ2n) is 5.99. The van der Waals surface area contributed by atoms with Gasteiger partial charge in [-0.05, 0) is 42.9 Å². The van der Waals surface area contributed by atoms with Crippen molar-refractivity contribution in [1.82, 2.24) is 4.72 Å². The zero-order valence-electron chi connectivity index (χ0n) is 12.3. The van der Waals surface area contributed by atoms with Gasteiger partial charge in [0.1, 0.15) is 4.90 Å². The van der Waals surface area contributed by atoms with Gasteiger partial charge in [-0.1, -0.05) is 54.2 Å². The van der Waals surface area contributed by atoms with E-state index in [-0.39, 0.29) is 16.0 Å². The summed E-state index contributed by atoms with van der Waals surface area (Å²) in [7, 11) is -3.58. The van der Waals surface area contributed by atoms with Crippen LogP contribution in [0.1, 0.15) is 39.5 Å². The summed E-state index contributed by atoms with van der Waals surface area (Å²) in [5, 5.41) is 0.244. The molecule has 1 aromatic rings. The Balaban J connectivity index is 2.23. The van der Waals surface area contributed by atoms with Crippen molar-refractivity contribution in [1.29, 1.82) is 0 Å². The summed E-state index contributed by atoms with van der Waals surface area (Å²) in [5.41, 5.74) is 0. The number of sulfonamides is 1. The molecule has 1 aromatic carbocycles. The molecule has 0 spiro atoms. The maximum absolute atomic E-state index is 12.6. The Morgan fingerprint density at radius 1 is 1.29 bits per heavy atom. The van der Waals surface area contributed by atoms with Gasteiger partial charge < -0.3 is 0 Å². The molecule has 0 amide bonds. The zero-order chi connectivity index (χ0) is 15.6. The molecular formula is C15H21BrClNO2S. The number of hydrogen-bond donors (Lipinski definition) is 1. The van der Waals surface area contributed by atoms with Crippen LogP contribution < -0.4 is 4.72 Å². The SMILES string of the molecule is CC(C)C1CCCCC1NS(=O)(=O)c1ccc(Br)cc1Cl. The van der Waals surface area contributed by atoms with E-state index in [1.807, 2.05) is 0 Å². The van der Waals surface area contributed by atoms with Crippen LogP contribution in [0.5, 0.6) is 0 Å². The van der Waals surface area contributed by atoms with Crippen molar-refractivity contribution < 1.29 is 8.42 Å². The van der Waals surface area contributed by atoms with Crippen LogP contribution >= 0.6 is 27.5 Å². The van der Waals surface area contributed by atoms with E-state index in [9.17, 15) is 8.42 Å². The van der Waals surface area contributed by atoms with Crippen molar-refractivity contribution in [3.8, 4) is 0 Å². The third kappa shape index (κ3) is 4.21. The van der Waals surface area contributed by atoms with Gasteiger partial charge in [-0.2, -0.15) is 0 Å². The minimum atomic E-state index is -3.58. The van der Waals surface area contributed by atoms with Gasteiger partial charge in [0.15, 0.2) is 0 Å². The van der Waals surface area contributed by atoms with Gasteiger partial charge >= 0.3 is 0 Å². The zero-order valence-corrected chi connectivity index (χ0v) is 15.4. The number of halogens is 2. The molecule has 2 atom stereocenters. The van der Waals surface area contributed by atoms with E-state index in [4.69, 9.17) is 11.6 Å². The highest BCUT2D eigenvalue weighted by Crippen LogP contribution is 2.32. The lowest BCUT2D eigenvalue weighted by atomic mass is 9.78. The first-order chi connectivity index (χ1) is 9.81. The quantitative estimate of drug-likeness (QED) is 0.811. The van der Waals surface area contributed by atoms with Gasteiger partial charge in [-0.15, -0.1) is 0 Å². The molecule has 2 unspecified atom stereocenters. The Bertz CT molecular complexity index is 604. The Morgan fingerprint density at radius 3 is 2.57 bits per heavy atom. The van der Waals surface area contributed by atoms with Crippen molar-refractivity contribution >= 4 is 37.6 Å². The van der Waals surface area contributed by atoms with E-state index in [1.54, 1.807) is 18.2 Å². The minimum Gasteiger partial charge on any atom is -0.208 e. The maximum atomic E-state index is 12.6. The first-order valence-corrected chi connectivity index (χ1v) is 9.94. The average Bonchev–Trinajstić information content (AvgIpc) is 2.37. The Labute approximate surface area is 140 Å². The maximum Gasteiger partial charge on any atom is 0.242 e. The minimum absolute atomic E-state index is 0.00321. The third-order valence-corrected chi connectivity index (χ3v) is 6.63. The van der Waals surface area contributed by atoms with E-state index in [1.165, 1.54) is 6.42 Å². The topological polar surface area (TPSA) is 46.2 Å². The molecule has 2 rings (SSSR count). The molecule has 1 saturated carbocycles. The number of hydrogen-bond acceptors (Lipinski definition) is 2. The molecule has 1 aliphatic carbocycles. The van der Waals surface area contributed by atoms with Crippen molar-refractivity contribution in [2.75, 3.05) is 0 Å². The third-order valence-electron chi connectivity index (χ3n) is 4.17. The summed E-state index contributed by atoms with van der Waals surface area (Å²) in [4.78, 5) is 0.153. The fourth-order valence-corrected chi connectivity index (χ4v) is 5.42. The van der Waals surface area contributed by atoms with Crippen molar-refractivity contribution in [2.45, 2.75) is 50.5 Å². The molecule has 0 aliphatic heterocycles. The summed E-state index contributed by atoms with van der Waals surface area (Å²) in [6.07, 6.45) is 4.24. The van der Waals surface area contributed by atoms with Gasteiger partial charge in [0, 0.05) is 10.5 Å². The van der Waals surface area contributed by atoms with Gasteiger partial charge in [-0.3, -0.25) is 0 Å². The predicted molar refractivity (Wildman–Crippen MR) is 90.1 cm³/mol. The van der Waals surface area contributed by atoms with E-state index in [2.05, 4.69) is 34.5 Å². The molecule has 0 saturated heterocycles. The molecule has 21 heavy (non-hydrogen) atoms. The summed E-state index contributed by atoms with van der Waals surface area (Å²) in [6.45, 7) is 4.31. The number of benzene rings is 1. The Hall–Kier alpha value is -0.100. The van der Waals surface area contributed by atoms with Crippen molar-refractivity contribution in [2.24, 2.45) is 11.8 Å². The van der Waals surface area contributed by atoms with Gasteiger partial charge in [0.2, 0.25) is 10.0 Å². The second kappa shape index (κ2) is 6.99. The molecule has 3 nitrogen and oxygen atoms in total. The lowest BCUT2D eigenvalue weighted by Crippen LogP contribution is -2.43. The van der Waals surface area contributed by atoms with Gasteiger partial charge in [0.25, 0.3) is 0 Å². The molecule has 1 N–H and O–H groups in total. The Kier molecular flexibility index (Phi) is 5.74. The van der Waals surface area contributed by atoms with Crippen LogP contribution in [0.4, 0.5) is 0 Å². The standard InChI is InChI=1S/C15H21BrClNO2S/c1-10(2)12-5-3-4-6-14(12)18-21(19,20)15-8-7-11(16)9-13(15)17/h7-10,12,14,18H,3-6H2,1-2H3. The molecule has 6 heteroatoms. The molecule has 0 radical (unpaired) electrons. The summed E-state index contributed by atoms with van der Waals surface area (Å²) < 4.78 is 28.8. The molecule has 0 bridgehead atoms. The Morgan fingerprint density at radius 2 is 1.95 bits per heavy atom. The highest BCUT2D eigenvalue weighted by atomic mass is 79.9. The van der Waals surface area contributed by atoms with Gasteiger partial charge in [-0.25, -0.2) is 13.1 Å². The second-order valence-corrected chi connectivity index (χ2v) is 9.00. The first kappa shape index (κ1) is 17.3. The number of nitrogens with one attached hydrogen (secondary N) is 1. The normalized spacial score (nSPS) is 23.5. The summed E-state index contributed by atoms with van der Waals surface area (Å²) in [6, 6.07) is 4.85. The van der Waals surface area contributed by atoms with Gasteiger partial charge in [0.05, 0.1) is 5.02 Å². The molecule has 0 aromatic heterocycles. The highest BCUT2D eigenvalue weighted by Gasteiger charge is 2.31. The fraction of sp³-hybridized carbons (Fsp3) is 0.600. The summed E-state index contributed by atoms with van der Waals surface area (Å²) >= 11 is 9.37. The van der Waals surface area contributed by atoms with E-state index in [0.717, 1.165) is 23.7 Å². The molecular weight excluding hydrogens is 374 g/mol. The van der Waals surface area contributed by atoms with Crippen LogP contribution in [0.15, 0.2) is 27.6 Å². The highest BCUT2D eigenvalue weighted by molar-refractivity contribution is 9.10. The summed E-state index contributed by atoms with van der Waals surface area (Å²) in [5.74, 6) is 0.862. The lowest BCUT2D eigenvalue weighted by molar-refractivity contribution is 0.226. The van der Waals surface area contributed by atoms with Crippen LogP contribution in [0.25, 0.3) is 0 Å². The first-order valence-electron chi connectivity index (χ1n) is 7.28. The van der Waals surface area contributed by atoms with E-state index in [0.29, 0.717) is 11.8 Å². The smallest absolute Gasteiger partial charge is 0.208 e. The van der Waals surface area contributed by atoms with Crippen molar-refractivity contribution in [3.63, 3.8) is 0 Å². The lowest BCUT2D eigenvalue weighted by Gasteiger charge is -2.34. The number of rotatable bonds is 4. The molecule has 1 aliphatic rings. The molecule has 1 fully saturated rings.